The lowest BCUT2D eigenvalue weighted by molar-refractivity contribution is 0.0930. The molecule has 1 aromatic carbocycles. The van der Waals surface area contributed by atoms with E-state index in [1.165, 1.54) is 41.8 Å². The summed E-state index contributed by atoms with van der Waals surface area (Å²) in [5, 5.41) is 3.36. The quantitative estimate of drug-likeness (QED) is 0.764. The van der Waals surface area contributed by atoms with E-state index in [1.54, 1.807) is 0 Å². The second-order valence-electron chi connectivity index (χ2n) is 8.24. The molecule has 3 rings (SSSR count). The second-order valence-corrected chi connectivity index (χ2v) is 10.6. The molecule has 1 amide bonds. The standard InChI is InChI=1S/C21H31ClN2O3S/c1-16-11-13-24(14-12-16)28(26,27)18-9-10-20(22)19(15-18)21(25)23-17-7-5-3-2-4-6-8-17/h9-10,15-17H,2-8,11-14H2,1H3,(H,23,25). The van der Waals surface area contributed by atoms with Crippen LogP contribution in [0.2, 0.25) is 5.02 Å². The maximum absolute atomic E-state index is 13.0. The lowest BCUT2D eigenvalue weighted by Crippen LogP contribution is -2.38. The van der Waals surface area contributed by atoms with E-state index in [0.29, 0.717) is 19.0 Å². The van der Waals surface area contributed by atoms with Gasteiger partial charge in [-0.2, -0.15) is 4.31 Å². The number of halogens is 1. The van der Waals surface area contributed by atoms with Crippen LogP contribution in [0.3, 0.4) is 0 Å². The van der Waals surface area contributed by atoms with Crippen LogP contribution in [-0.4, -0.2) is 37.8 Å². The number of nitrogens with zero attached hydrogens (tertiary/aromatic N) is 1. The number of piperidine rings is 1. The van der Waals surface area contributed by atoms with Gasteiger partial charge in [-0.15, -0.1) is 0 Å². The van der Waals surface area contributed by atoms with Crippen molar-refractivity contribution in [2.24, 2.45) is 5.92 Å². The first-order chi connectivity index (χ1) is 13.4. The molecule has 1 saturated carbocycles. The summed E-state index contributed by atoms with van der Waals surface area (Å²) in [6, 6.07) is 4.59. The molecule has 0 aromatic heterocycles. The smallest absolute Gasteiger partial charge is 0.253 e. The van der Waals surface area contributed by atoms with Crippen LogP contribution in [0, 0.1) is 5.92 Å². The third kappa shape index (κ3) is 5.28. The first-order valence-electron chi connectivity index (χ1n) is 10.5. The minimum absolute atomic E-state index is 0.132. The zero-order chi connectivity index (χ0) is 20.1. The van der Waals surface area contributed by atoms with Crippen molar-refractivity contribution in [1.82, 2.24) is 9.62 Å². The van der Waals surface area contributed by atoms with Crippen molar-refractivity contribution in [1.29, 1.82) is 0 Å². The van der Waals surface area contributed by atoms with E-state index in [2.05, 4.69) is 12.2 Å². The maximum Gasteiger partial charge on any atom is 0.253 e. The Balaban J connectivity index is 1.75. The molecule has 0 bridgehead atoms. The summed E-state index contributed by atoms with van der Waals surface area (Å²) in [5.41, 5.74) is 0.246. The van der Waals surface area contributed by atoms with Gasteiger partial charge in [0.2, 0.25) is 10.0 Å². The molecule has 1 aromatic rings. The molecule has 0 unspecified atom stereocenters. The SMILES string of the molecule is CC1CCN(S(=O)(=O)c2ccc(Cl)c(C(=O)NC3CCCCCCC3)c2)CC1. The van der Waals surface area contributed by atoms with Gasteiger partial charge >= 0.3 is 0 Å². The van der Waals surface area contributed by atoms with Crippen molar-refractivity contribution >= 4 is 27.5 Å². The first-order valence-corrected chi connectivity index (χ1v) is 12.3. The van der Waals surface area contributed by atoms with Crippen LogP contribution in [0.15, 0.2) is 23.1 Å². The van der Waals surface area contributed by atoms with Crippen LogP contribution in [0.25, 0.3) is 0 Å². The normalized spacial score (nSPS) is 21.1. The fraction of sp³-hybridized carbons (Fsp3) is 0.667. The third-order valence-electron chi connectivity index (χ3n) is 6.00. The highest BCUT2D eigenvalue weighted by Gasteiger charge is 2.29. The number of carbonyl (C=O) groups excluding carboxylic acids is 1. The van der Waals surface area contributed by atoms with Gasteiger partial charge in [0.15, 0.2) is 0 Å². The van der Waals surface area contributed by atoms with E-state index in [0.717, 1.165) is 38.5 Å². The Labute approximate surface area is 173 Å². The van der Waals surface area contributed by atoms with Crippen LogP contribution < -0.4 is 5.32 Å². The molecule has 1 N–H and O–H groups in total. The zero-order valence-corrected chi connectivity index (χ0v) is 18.2. The number of hydrogen-bond acceptors (Lipinski definition) is 3. The molecule has 7 heteroatoms. The summed E-state index contributed by atoms with van der Waals surface area (Å²) in [6.07, 6.45) is 9.55. The van der Waals surface area contributed by atoms with Gasteiger partial charge in [-0.05, 0) is 49.8 Å². The van der Waals surface area contributed by atoms with Crippen molar-refractivity contribution < 1.29 is 13.2 Å². The largest absolute Gasteiger partial charge is 0.349 e. The number of rotatable bonds is 4. The van der Waals surface area contributed by atoms with Crippen molar-refractivity contribution in [2.75, 3.05) is 13.1 Å². The Kier molecular flexibility index (Phi) is 7.40. The molecular formula is C21H31ClN2O3S. The zero-order valence-electron chi connectivity index (χ0n) is 16.6. The molecule has 1 aliphatic carbocycles. The van der Waals surface area contributed by atoms with Crippen molar-refractivity contribution in [3.05, 3.63) is 28.8 Å². The van der Waals surface area contributed by atoms with E-state index in [4.69, 9.17) is 11.6 Å². The van der Waals surface area contributed by atoms with Crippen LogP contribution in [-0.2, 0) is 10.0 Å². The molecule has 1 aliphatic heterocycles. The summed E-state index contributed by atoms with van der Waals surface area (Å²) >= 11 is 6.25. The van der Waals surface area contributed by atoms with Crippen LogP contribution >= 0.6 is 11.6 Å². The van der Waals surface area contributed by atoms with Gasteiger partial charge in [0, 0.05) is 19.1 Å². The fourth-order valence-electron chi connectivity index (χ4n) is 4.08. The summed E-state index contributed by atoms with van der Waals surface area (Å²) < 4.78 is 27.5. The van der Waals surface area contributed by atoms with Gasteiger partial charge in [-0.3, -0.25) is 4.79 Å². The molecule has 2 aliphatic rings. The Morgan fingerprint density at radius 1 is 1.04 bits per heavy atom. The lowest BCUT2D eigenvalue weighted by atomic mass is 9.96. The monoisotopic (exact) mass is 426 g/mol. The first kappa shape index (κ1) is 21.6. The van der Waals surface area contributed by atoms with E-state index >= 15 is 0 Å². The van der Waals surface area contributed by atoms with Crippen molar-refractivity contribution in [3.63, 3.8) is 0 Å². The molecule has 1 saturated heterocycles. The van der Waals surface area contributed by atoms with Crippen molar-refractivity contribution in [3.8, 4) is 0 Å². The summed E-state index contributed by atoms with van der Waals surface area (Å²) in [6.45, 7) is 3.19. The van der Waals surface area contributed by atoms with E-state index in [1.807, 2.05) is 0 Å². The second kappa shape index (κ2) is 9.59. The Hall–Kier alpha value is -1.11. The number of carbonyl (C=O) groups is 1. The van der Waals surface area contributed by atoms with Crippen molar-refractivity contribution in [2.45, 2.75) is 75.6 Å². The molecule has 2 fully saturated rings. The molecule has 156 valence electrons. The number of nitrogens with one attached hydrogen (secondary N) is 1. The van der Waals surface area contributed by atoms with Gasteiger partial charge in [-0.1, -0.05) is 50.6 Å². The Bertz CT molecular complexity index is 781. The number of amides is 1. The highest BCUT2D eigenvalue weighted by molar-refractivity contribution is 7.89. The predicted molar refractivity (Wildman–Crippen MR) is 112 cm³/mol. The molecule has 0 radical (unpaired) electrons. The summed E-state index contributed by atoms with van der Waals surface area (Å²) in [5.74, 6) is 0.265. The minimum Gasteiger partial charge on any atom is -0.349 e. The predicted octanol–water partition coefficient (Wildman–Crippen LogP) is 4.60. The average molecular weight is 427 g/mol. The fourth-order valence-corrected chi connectivity index (χ4v) is 5.78. The third-order valence-corrected chi connectivity index (χ3v) is 8.23. The highest BCUT2D eigenvalue weighted by atomic mass is 35.5. The van der Waals surface area contributed by atoms with Gasteiger partial charge in [-0.25, -0.2) is 8.42 Å². The van der Waals surface area contributed by atoms with E-state index in [-0.39, 0.29) is 27.4 Å². The number of benzene rings is 1. The summed E-state index contributed by atoms with van der Waals surface area (Å²) in [7, 11) is -3.61. The molecule has 5 nitrogen and oxygen atoms in total. The van der Waals surface area contributed by atoms with Gasteiger partial charge in [0.05, 0.1) is 15.5 Å². The number of sulfonamides is 1. The topological polar surface area (TPSA) is 66.5 Å². The Morgan fingerprint density at radius 2 is 1.64 bits per heavy atom. The average Bonchev–Trinajstić information content (AvgIpc) is 2.64. The molecule has 0 spiro atoms. The molecule has 0 atom stereocenters. The van der Waals surface area contributed by atoms with Crippen LogP contribution in [0.4, 0.5) is 0 Å². The number of hydrogen-bond donors (Lipinski definition) is 1. The van der Waals surface area contributed by atoms with Gasteiger partial charge in [0.1, 0.15) is 0 Å². The maximum atomic E-state index is 13.0. The van der Waals surface area contributed by atoms with Crippen LogP contribution in [0.1, 0.15) is 75.1 Å². The lowest BCUT2D eigenvalue weighted by Gasteiger charge is -2.29. The minimum atomic E-state index is -3.61. The Morgan fingerprint density at radius 3 is 2.29 bits per heavy atom. The van der Waals surface area contributed by atoms with E-state index in [9.17, 15) is 13.2 Å². The molecular weight excluding hydrogens is 396 g/mol. The van der Waals surface area contributed by atoms with Gasteiger partial charge in [0.25, 0.3) is 5.91 Å². The van der Waals surface area contributed by atoms with E-state index < -0.39 is 10.0 Å². The summed E-state index contributed by atoms with van der Waals surface area (Å²) in [4.78, 5) is 13.0. The molecule has 1 heterocycles. The van der Waals surface area contributed by atoms with Crippen LogP contribution in [0.5, 0.6) is 0 Å². The molecule has 28 heavy (non-hydrogen) atoms. The van der Waals surface area contributed by atoms with Gasteiger partial charge < -0.3 is 5.32 Å². The highest BCUT2D eigenvalue weighted by Crippen LogP contribution is 2.27.